The van der Waals surface area contributed by atoms with Crippen molar-refractivity contribution >= 4 is 58.0 Å². The number of nitrogens with zero attached hydrogens (tertiary/aromatic N) is 4. The van der Waals surface area contributed by atoms with Crippen LogP contribution >= 0.6 is 58.0 Å². The number of hydrogen-bond donors (Lipinski definition) is 0. The fourth-order valence-electron chi connectivity index (χ4n) is 0.769. The molecule has 0 radical (unpaired) electrons. The van der Waals surface area contributed by atoms with Crippen LogP contribution in [0.2, 0.25) is 0 Å². The van der Waals surface area contributed by atoms with Gasteiger partial charge < -0.3 is 0 Å². The van der Waals surface area contributed by atoms with Gasteiger partial charge in [-0.2, -0.15) is 0 Å². The molecule has 0 fully saturated rings. The highest BCUT2D eigenvalue weighted by Gasteiger charge is 2.51. The Morgan fingerprint density at radius 3 is 2.21 bits per heavy atom. The van der Waals surface area contributed by atoms with Gasteiger partial charge in [-0.25, -0.2) is 4.68 Å². The Hall–Kier alpha value is 0.520. The van der Waals surface area contributed by atoms with Gasteiger partial charge in [-0.1, -0.05) is 58.0 Å². The second-order valence-corrected chi connectivity index (χ2v) is 6.00. The molecule has 0 aliphatic heterocycles. The normalized spacial score (nSPS) is 13.3. The van der Waals surface area contributed by atoms with Crippen molar-refractivity contribution in [3.63, 3.8) is 0 Å². The van der Waals surface area contributed by atoms with Crippen LogP contribution in [-0.2, 0) is 10.9 Å². The number of rotatable bonds is 2. The highest BCUT2D eigenvalue weighted by Crippen LogP contribution is 2.51. The molecule has 1 aromatic heterocycles. The molecule has 0 aliphatic rings. The maximum Gasteiger partial charge on any atom is 0.230 e. The lowest BCUT2D eigenvalue weighted by atomic mass is 10.4. The first-order chi connectivity index (χ1) is 6.30. The van der Waals surface area contributed by atoms with E-state index in [-0.39, 0.29) is 5.82 Å². The van der Waals surface area contributed by atoms with Crippen molar-refractivity contribution in [1.82, 2.24) is 20.2 Å². The van der Waals surface area contributed by atoms with Crippen molar-refractivity contribution in [2.75, 3.05) is 0 Å². The van der Waals surface area contributed by atoms with Gasteiger partial charge >= 0.3 is 0 Å². The molecule has 14 heavy (non-hydrogen) atoms. The molecule has 0 aliphatic carbocycles. The summed E-state index contributed by atoms with van der Waals surface area (Å²) in [5.41, 5.74) is 0. The molecular formula is C5H5Cl5N4. The number of alkyl halides is 5. The molecule has 1 aromatic rings. The van der Waals surface area contributed by atoms with Gasteiger partial charge in [0, 0.05) is 6.54 Å². The first-order valence-electron chi connectivity index (χ1n) is 3.52. The van der Waals surface area contributed by atoms with E-state index in [1.807, 2.05) is 6.92 Å². The maximum absolute atomic E-state index is 5.87. The highest BCUT2D eigenvalue weighted by molar-refractivity contribution is 6.75. The first kappa shape index (κ1) is 12.6. The van der Waals surface area contributed by atoms with Crippen molar-refractivity contribution in [1.29, 1.82) is 0 Å². The third-order valence-corrected chi connectivity index (χ3v) is 3.80. The number of halogens is 5. The van der Waals surface area contributed by atoms with E-state index in [2.05, 4.69) is 15.5 Å². The number of hydrogen-bond acceptors (Lipinski definition) is 3. The van der Waals surface area contributed by atoms with Crippen molar-refractivity contribution in [2.24, 2.45) is 0 Å². The predicted molar refractivity (Wildman–Crippen MR) is 57.2 cm³/mol. The van der Waals surface area contributed by atoms with Gasteiger partial charge in [0.05, 0.1) is 0 Å². The largest absolute Gasteiger partial charge is 0.230 e. The smallest absolute Gasteiger partial charge is 0.227 e. The lowest BCUT2D eigenvalue weighted by Gasteiger charge is -2.25. The Morgan fingerprint density at radius 1 is 1.21 bits per heavy atom. The van der Waals surface area contributed by atoms with E-state index in [9.17, 15) is 0 Å². The van der Waals surface area contributed by atoms with Crippen LogP contribution in [0, 0.1) is 0 Å². The summed E-state index contributed by atoms with van der Waals surface area (Å²) in [6.45, 7) is 2.28. The third kappa shape index (κ3) is 2.19. The van der Waals surface area contributed by atoms with Crippen molar-refractivity contribution in [3.8, 4) is 0 Å². The van der Waals surface area contributed by atoms with E-state index in [1.165, 1.54) is 4.68 Å². The molecule has 0 saturated heterocycles. The molecule has 0 amide bonds. The van der Waals surface area contributed by atoms with Gasteiger partial charge in [-0.05, 0) is 17.4 Å². The fraction of sp³-hybridized carbons (Fsp3) is 0.800. The zero-order valence-corrected chi connectivity index (χ0v) is 10.7. The fourth-order valence-corrected chi connectivity index (χ4v) is 1.29. The van der Waals surface area contributed by atoms with E-state index in [1.54, 1.807) is 0 Å². The summed E-state index contributed by atoms with van der Waals surface area (Å²) in [5, 5.41) is 10.6. The molecular weight excluding hydrogens is 293 g/mol. The second kappa shape index (κ2) is 4.18. The molecule has 9 heteroatoms. The van der Waals surface area contributed by atoms with Crippen molar-refractivity contribution in [2.45, 2.75) is 21.6 Å². The lowest BCUT2D eigenvalue weighted by Crippen LogP contribution is -2.32. The van der Waals surface area contributed by atoms with Crippen LogP contribution in [0.25, 0.3) is 0 Å². The Morgan fingerprint density at radius 2 is 1.79 bits per heavy atom. The van der Waals surface area contributed by atoms with Crippen molar-refractivity contribution < 1.29 is 0 Å². The van der Waals surface area contributed by atoms with Gasteiger partial charge in [-0.15, -0.1) is 5.10 Å². The Bertz CT molecular complexity index is 316. The average molecular weight is 298 g/mol. The zero-order chi connectivity index (χ0) is 11.0. The van der Waals surface area contributed by atoms with Crippen LogP contribution in [0.4, 0.5) is 0 Å². The minimum Gasteiger partial charge on any atom is -0.227 e. The van der Waals surface area contributed by atoms with Crippen LogP contribution in [-0.4, -0.2) is 24.0 Å². The minimum absolute atomic E-state index is 0.100. The van der Waals surface area contributed by atoms with Crippen molar-refractivity contribution in [3.05, 3.63) is 5.82 Å². The molecule has 0 aromatic carbocycles. The minimum atomic E-state index is -1.91. The van der Waals surface area contributed by atoms with Gasteiger partial charge in [0.15, 0.2) is 5.82 Å². The second-order valence-electron chi connectivity index (χ2n) is 2.39. The highest BCUT2D eigenvalue weighted by atomic mass is 35.6. The molecule has 0 unspecified atom stereocenters. The molecule has 0 N–H and O–H groups in total. The topological polar surface area (TPSA) is 43.6 Å². The SMILES string of the molecule is CCn1nnnc1C(Cl)(Cl)C(Cl)(Cl)Cl. The average Bonchev–Trinajstić information content (AvgIpc) is 2.49. The van der Waals surface area contributed by atoms with E-state index >= 15 is 0 Å². The van der Waals surface area contributed by atoms with E-state index < -0.39 is 8.13 Å². The number of tetrazole rings is 1. The zero-order valence-electron chi connectivity index (χ0n) is 6.89. The Kier molecular flexibility index (Phi) is 3.76. The monoisotopic (exact) mass is 296 g/mol. The summed E-state index contributed by atoms with van der Waals surface area (Å²) in [5.74, 6) is 0.100. The molecule has 0 atom stereocenters. The summed E-state index contributed by atoms with van der Waals surface area (Å²) < 4.78 is -2.34. The summed E-state index contributed by atoms with van der Waals surface area (Å²) in [7, 11) is 0. The van der Waals surface area contributed by atoms with E-state index in [0.29, 0.717) is 6.54 Å². The van der Waals surface area contributed by atoms with Crippen LogP contribution in [0.15, 0.2) is 0 Å². The van der Waals surface area contributed by atoms with Gasteiger partial charge in [0.2, 0.25) is 8.13 Å². The molecule has 1 rings (SSSR count). The van der Waals surface area contributed by atoms with Gasteiger partial charge in [-0.3, -0.25) is 0 Å². The summed E-state index contributed by atoms with van der Waals surface area (Å²) in [6, 6.07) is 0. The van der Waals surface area contributed by atoms with Crippen LogP contribution in [0.1, 0.15) is 12.7 Å². The lowest BCUT2D eigenvalue weighted by molar-refractivity contribution is 0.579. The standard InChI is InChI=1S/C5H5Cl5N4/c1-2-14-3(11-12-13-14)4(6,7)5(8,9)10/h2H2,1H3. The van der Waals surface area contributed by atoms with E-state index in [0.717, 1.165) is 0 Å². The molecule has 4 nitrogen and oxygen atoms in total. The van der Waals surface area contributed by atoms with Gasteiger partial charge in [0.25, 0.3) is 0 Å². The number of aryl methyl sites for hydroxylation is 1. The number of aromatic nitrogens is 4. The maximum atomic E-state index is 5.87. The summed E-state index contributed by atoms with van der Waals surface area (Å²) in [4.78, 5) is 0. The van der Waals surface area contributed by atoms with E-state index in [4.69, 9.17) is 58.0 Å². The predicted octanol–water partition coefficient (Wildman–Crippen LogP) is 2.69. The van der Waals surface area contributed by atoms with Crippen LogP contribution in [0.3, 0.4) is 0 Å². The molecule has 1 heterocycles. The van der Waals surface area contributed by atoms with Crippen LogP contribution in [0.5, 0.6) is 0 Å². The van der Waals surface area contributed by atoms with Gasteiger partial charge in [0.1, 0.15) is 0 Å². The Labute approximate surface area is 105 Å². The third-order valence-electron chi connectivity index (χ3n) is 1.47. The quantitative estimate of drug-likeness (QED) is 0.789. The summed E-state index contributed by atoms with van der Waals surface area (Å²) in [6.07, 6.45) is 0. The first-order valence-corrected chi connectivity index (χ1v) is 5.41. The van der Waals surface area contributed by atoms with Crippen LogP contribution < -0.4 is 0 Å². The molecule has 80 valence electrons. The molecule has 0 spiro atoms. The molecule has 0 saturated carbocycles. The Balaban J connectivity index is 3.16. The molecule has 0 bridgehead atoms. The summed E-state index contributed by atoms with van der Waals surface area (Å²) >= 11 is 28.5.